The Bertz CT molecular complexity index is 1390. The summed E-state index contributed by atoms with van der Waals surface area (Å²) in [5.41, 5.74) is -5.78. The molecule has 0 amide bonds. The Hall–Kier alpha value is -1.03. The van der Waals surface area contributed by atoms with Crippen LogP contribution in [0.5, 0.6) is 0 Å². The fourth-order valence-electron chi connectivity index (χ4n) is 7.64. The van der Waals surface area contributed by atoms with Gasteiger partial charge < -0.3 is 32.1 Å². The van der Waals surface area contributed by atoms with Crippen LogP contribution in [0.2, 0.25) is 0 Å². The summed E-state index contributed by atoms with van der Waals surface area (Å²) in [6.45, 7) is 24.7. The van der Waals surface area contributed by atoms with Gasteiger partial charge in [0.05, 0.1) is 33.6 Å². The maximum Gasteiger partial charge on any atom is 0.534 e. The van der Waals surface area contributed by atoms with Gasteiger partial charge in [-0.05, 0) is 163 Å². The summed E-state index contributed by atoms with van der Waals surface area (Å²) >= 11 is 0. The van der Waals surface area contributed by atoms with Crippen molar-refractivity contribution in [1.82, 2.24) is 0 Å². The Labute approximate surface area is 312 Å². The molecule has 2 saturated carbocycles. The van der Waals surface area contributed by atoms with Gasteiger partial charge in [0.25, 0.3) is 0 Å². The van der Waals surface area contributed by atoms with Crippen LogP contribution < -0.4 is 0 Å². The number of hydrogen-bond donors (Lipinski definition) is 0. The normalized spacial score (nSPS) is 32.9. The highest BCUT2D eigenvalue weighted by Gasteiger charge is 2.64. The van der Waals surface area contributed by atoms with E-state index in [1.165, 1.54) is 37.2 Å². The third kappa shape index (κ3) is 8.99. The fourth-order valence-corrected chi connectivity index (χ4v) is 8.14. The fraction of sp³-hybridized carbons (Fsp3) is 0.889. The lowest BCUT2D eigenvalue weighted by Crippen LogP contribution is -2.41. The first-order chi connectivity index (χ1) is 23.0. The molecule has 5 fully saturated rings. The van der Waals surface area contributed by atoms with Crippen molar-refractivity contribution in [2.24, 2.45) is 23.7 Å². The minimum atomic E-state index is -5.48. The van der Waals surface area contributed by atoms with Gasteiger partial charge in [0.15, 0.2) is 0 Å². The lowest BCUT2D eigenvalue weighted by molar-refractivity contribution is -0.0525. The number of allylic oxidation sites excluding steroid dienone is 4. The van der Waals surface area contributed by atoms with Crippen LogP contribution in [0.1, 0.15) is 142 Å². The predicted molar refractivity (Wildman–Crippen MR) is 198 cm³/mol. The molecule has 0 N–H and O–H groups in total. The molecule has 7 rings (SSSR count). The number of alkyl halides is 3. The molecule has 0 aromatic carbocycles. The molecule has 296 valence electrons. The van der Waals surface area contributed by atoms with Gasteiger partial charge in [-0.1, -0.05) is 13.5 Å². The van der Waals surface area contributed by atoms with Gasteiger partial charge in [0.1, 0.15) is 5.76 Å². The molecule has 0 radical (unpaired) electrons. The largest absolute Gasteiger partial charge is 0.534 e. The zero-order valence-corrected chi connectivity index (χ0v) is 33.4. The molecule has 3 saturated heterocycles. The van der Waals surface area contributed by atoms with Crippen LogP contribution in [-0.4, -0.2) is 68.7 Å². The van der Waals surface area contributed by atoms with E-state index in [0.29, 0.717) is 6.42 Å². The third-order valence-electron chi connectivity index (χ3n) is 12.9. The van der Waals surface area contributed by atoms with Crippen molar-refractivity contribution in [3.05, 3.63) is 23.4 Å². The Morgan fingerprint density at radius 3 is 1.35 bits per heavy atom. The topological polar surface area (TPSA) is 98.8 Å². The lowest BCUT2D eigenvalue weighted by Gasteiger charge is -2.32. The summed E-state index contributed by atoms with van der Waals surface area (Å²) in [4.78, 5) is 0. The average Bonchev–Trinajstić information content (AvgIpc) is 3.66. The van der Waals surface area contributed by atoms with Crippen molar-refractivity contribution in [3.63, 3.8) is 0 Å². The summed E-state index contributed by atoms with van der Waals surface area (Å²) in [6.07, 6.45) is 12.4. The zero-order valence-electron chi connectivity index (χ0n) is 32.6. The number of rotatable bonds is 4. The number of fused-ring (bicyclic) bond motifs is 4. The van der Waals surface area contributed by atoms with Gasteiger partial charge in [0, 0.05) is 6.42 Å². The van der Waals surface area contributed by atoms with E-state index in [4.69, 9.17) is 27.9 Å². The quantitative estimate of drug-likeness (QED) is 0.158. The Balaban J connectivity index is 0.000000173. The first kappa shape index (κ1) is 43.7. The second kappa shape index (κ2) is 14.5. The summed E-state index contributed by atoms with van der Waals surface area (Å²) in [7, 11) is -6.53. The maximum atomic E-state index is 12.1. The van der Waals surface area contributed by atoms with E-state index in [1.54, 1.807) is 0 Å². The Kier molecular flexibility index (Phi) is 12.2. The summed E-state index contributed by atoms with van der Waals surface area (Å²) in [5, 5.41) is 0. The molecular formula is C36H62B3F3O9S. The van der Waals surface area contributed by atoms with Crippen LogP contribution in [0.3, 0.4) is 0 Å². The Morgan fingerprint density at radius 1 is 0.615 bits per heavy atom. The first-order valence-corrected chi connectivity index (χ1v) is 19.9. The van der Waals surface area contributed by atoms with Crippen molar-refractivity contribution in [2.75, 3.05) is 0 Å². The molecule has 16 heteroatoms. The van der Waals surface area contributed by atoms with Gasteiger partial charge in [-0.2, -0.15) is 21.6 Å². The summed E-state index contributed by atoms with van der Waals surface area (Å²) < 4.78 is 98.0. The van der Waals surface area contributed by atoms with E-state index in [0.717, 1.165) is 31.1 Å². The highest BCUT2D eigenvalue weighted by molar-refractivity contribution is 7.87. The van der Waals surface area contributed by atoms with Gasteiger partial charge in [-0.15, -0.1) is 0 Å². The third-order valence-corrected chi connectivity index (χ3v) is 13.9. The molecule has 3 heterocycles. The van der Waals surface area contributed by atoms with Crippen LogP contribution in [-0.2, 0) is 42.2 Å². The van der Waals surface area contributed by atoms with E-state index >= 15 is 0 Å². The molecule has 9 nitrogen and oxygen atoms in total. The van der Waals surface area contributed by atoms with Gasteiger partial charge in [-0.25, -0.2) is 0 Å². The van der Waals surface area contributed by atoms with Crippen LogP contribution >= 0.6 is 0 Å². The molecule has 4 bridgehead atoms. The van der Waals surface area contributed by atoms with E-state index in [9.17, 15) is 21.6 Å². The molecule has 0 unspecified atom stereocenters. The van der Waals surface area contributed by atoms with Gasteiger partial charge in [-0.3, -0.25) is 0 Å². The van der Waals surface area contributed by atoms with E-state index in [1.807, 2.05) is 55.4 Å². The molecule has 0 aromatic rings. The SMILES string of the molecule is C.CC1(C)OB(B2OC(C)(C)C(C)(C)O2)OC1(C)C.CC1(C)OB(C2=C[C@@H]3CC[C@H](C2)C3)OC1(C)C.O=S(=O)(OC1=C[C@@H]2CC[C@H](C1)C2)C(F)(F)F. The number of halogens is 3. The van der Waals surface area contributed by atoms with Crippen LogP contribution in [0.15, 0.2) is 23.4 Å². The highest BCUT2D eigenvalue weighted by atomic mass is 32.2. The van der Waals surface area contributed by atoms with E-state index in [2.05, 4.69) is 38.0 Å². The smallest absolute Gasteiger partial charge is 0.405 e. The van der Waals surface area contributed by atoms with Crippen molar-refractivity contribution in [3.8, 4) is 0 Å². The van der Waals surface area contributed by atoms with Crippen LogP contribution in [0.4, 0.5) is 13.2 Å². The molecule has 7 aliphatic rings. The molecule has 4 atom stereocenters. The Morgan fingerprint density at radius 2 is 0.981 bits per heavy atom. The minimum absolute atomic E-state index is 0. The summed E-state index contributed by atoms with van der Waals surface area (Å²) in [6, 6.07) is 0. The zero-order chi connectivity index (χ0) is 38.2. The molecule has 0 spiro atoms. The first-order valence-electron chi connectivity index (χ1n) is 18.5. The van der Waals surface area contributed by atoms with E-state index < -0.39 is 29.6 Å². The predicted octanol–water partition coefficient (Wildman–Crippen LogP) is 8.81. The van der Waals surface area contributed by atoms with Crippen LogP contribution in [0, 0.1) is 23.7 Å². The van der Waals surface area contributed by atoms with Gasteiger partial charge >= 0.3 is 36.8 Å². The van der Waals surface area contributed by atoms with Crippen molar-refractivity contribution >= 4 is 31.3 Å². The summed E-state index contributed by atoms with van der Waals surface area (Å²) in [5.74, 6) is 2.09. The maximum absolute atomic E-state index is 12.1. The number of hydrogen-bond acceptors (Lipinski definition) is 9. The molecule has 3 aliphatic heterocycles. The second-order valence-electron chi connectivity index (χ2n) is 18.5. The minimum Gasteiger partial charge on any atom is -0.405 e. The molecule has 4 aliphatic carbocycles. The monoisotopic (exact) mass is 760 g/mol. The highest BCUT2D eigenvalue weighted by Crippen LogP contribution is 2.47. The van der Waals surface area contributed by atoms with Crippen LogP contribution in [0.25, 0.3) is 0 Å². The second-order valence-corrected chi connectivity index (χ2v) is 20.0. The van der Waals surface area contributed by atoms with Gasteiger partial charge in [0.2, 0.25) is 0 Å². The molecular weight excluding hydrogens is 698 g/mol. The van der Waals surface area contributed by atoms with Crippen molar-refractivity contribution in [2.45, 2.75) is 181 Å². The lowest BCUT2D eigenvalue weighted by atomic mass is 9.49. The van der Waals surface area contributed by atoms with E-state index in [-0.39, 0.29) is 65.7 Å². The average molecular weight is 760 g/mol. The molecule has 52 heavy (non-hydrogen) atoms. The standard InChI is InChI=1S/C14H23BO2.C12H24B2O4.C9H11F3O3S.CH4/c1-13(2)14(3,4)17-15(16-13)12-8-10-5-6-11(7-10)9-12;1-9(2)10(3,4)16-13(15-9)14-17-11(5,6)12(7,8)18-14;10-9(11,12)16(13,14)15-8-4-6-1-2-7(3-6)5-8;/h8,10-11H,5-7,9H2,1-4H3;1-8H3;4,6-7H,1-3,5H2;1H4/t10-,11+;;6-,7+;/m1.1./s1. The van der Waals surface area contributed by atoms with Crippen molar-refractivity contribution < 1.29 is 53.7 Å². The molecule has 0 aromatic heterocycles. The van der Waals surface area contributed by atoms with Crippen molar-refractivity contribution in [1.29, 1.82) is 0 Å².